The zero-order valence-corrected chi connectivity index (χ0v) is 20.6. The molecule has 2 N–H and O–H groups in total. The maximum absolute atomic E-state index is 15.0. The van der Waals surface area contributed by atoms with Crippen LogP contribution in [-0.2, 0) is 21.6 Å². The van der Waals surface area contributed by atoms with Crippen LogP contribution in [0.4, 0.5) is 19.7 Å². The fourth-order valence-electron chi connectivity index (χ4n) is 2.97. The number of rotatable bonds is 6. The van der Waals surface area contributed by atoms with Crippen LogP contribution in [0.2, 0.25) is 0 Å². The smallest absolute Gasteiger partial charge is 0.411 e. The first kappa shape index (κ1) is 25.4. The topological polar surface area (TPSA) is 118 Å². The first-order chi connectivity index (χ1) is 14.9. The van der Waals surface area contributed by atoms with Crippen LogP contribution in [0.1, 0.15) is 46.0 Å². The Bertz CT molecular complexity index is 1040. The van der Waals surface area contributed by atoms with Crippen molar-refractivity contribution < 1.29 is 23.5 Å². The van der Waals surface area contributed by atoms with E-state index in [0.717, 1.165) is 0 Å². The van der Waals surface area contributed by atoms with Crippen molar-refractivity contribution in [3.63, 3.8) is 0 Å². The van der Waals surface area contributed by atoms with Gasteiger partial charge in [0.15, 0.2) is 0 Å². The van der Waals surface area contributed by atoms with Crippen molar-refractivity contribution in [2.24, 2.45) is 0 Å². The summed E-state index contributed by atoms with van der Waals surface area (Å²) in [5.74, 6) is -0.515. The SMILES string of the molecule is CCOC(=O)Nc1ccc(F)c([C@](C)(Cn2cc(I)nc2C#N)NC(=O)OC(C)(C)C)c1. The molecule has 1 atom stereocenters. The van der Waals surface area contributed by atoms with E-state index < -0.39 is 29.1 Å². The molecule has 0 aliphatic rings. The van der Waals surface area contributed by atoms with Crippen LogP contribution in [0.15, 0.2) is 24.4 Å². The van der Waals surface area contributed by atoms with Gasteiger partial charge >= 0.3 is 12.2 Å². The first-order valence-corrected chi connectivity index (χ1v) is 10.8. The summed E-state index contributed by atoms with van der Waals surface area (Å²) in [6.07, 6.45) is 0.159. The number of benzene rings is 1. The van der Waals surface area contributed by atoms with Gasteiger partial charge in [-0.3, -0.25) is 5.32 Å². The van der Waals surface area contributed by atoms with Crippen molar-refractivity contribution in [2.45, 2.75) is 52.3 Å². The Morgan fingerprint density at radius 2 is 1.97 bits per heavy atom. The van der Waals surface area contributed by atoms with Gasteiger partial charge in [-0.15, -0.1) is 0 Å². The van der Waals surface area contributed by atoms with E-state index in [1.807, 2.05) is 28.7 Å². The van der Waals surface area contributed by atoms with E-state index in [4.69, 9.17) is 9.47 Å². The fraction of sp³-hybridized carbons (Fsp3) is 0.429. The number of aromatic nitrogens is 2. The lowest BCUT2D eigenvalue weighted by Crippen LogP contribution is -2.49. The summed E-state index contributed by atoms with van der Waals surface area (Å²) < 4.78 is 27.3. The van der Waals surface area contributed by atoms with Gasteiger partial charge in [-0.05, 0) is 75.4 Å². The van der Waals surface area contributed by atoms with E-state index in [-0.39, 0.29) is 30.2 Å². The lowest BCUT2D eigenvalue weighted by molar-refractivity contribution is 0.0448. The van der Waals surface area contributed by atoms with E-state index in [1.165, 1.54) is 22.8 Å². The van der Waals surface area contributed by atoms with Gasteiger partial charge in [-0.1, -0.05) is 0 Å². The van der Waals surface area contributed by atoms with Crippen molar-refractivity contribution in [1.29, 1.82) is 5.26 Å². The number of hydrogen-bond acceptors (Lipinski definition) is 6. The number of nitriles is 1. The number of halogens is 2. The van der Waals surface area contributed by atoms with Gasteiger partial charge in [-0.25, -0.2) is 19.0 Å². The van der Waals surface area contributed by atoms with Crippen LogP contribution in [0.25, 0.3) is 0 Å². The Morgan fingerprint density at radius 3 is 2.56 bits per heavy atom. The maximum atomic E-state index is 15.0. The summed E-state index contributed by atoms with van der Waals surface area (Å²) in [4.78, 5) is 28.5. The molecule has 0 spiro atoms. The Morgan fingerprint density at radius 1 is 1.28 bits per heavy atom. The Kier molecular flexibility index (Phi) is 8.06. The molecule has 0 aliphatic carbocycles. The largest absolute Gasteiger partial charge is 0.450 e. The third-order valence-corrected chi connectivity index (χ3v) is 4.71. The Balaban J connectivity index is 2.51. The van der Waals surface area contributed by atoms with Crippen LogP contribution in [0.3, 0.4) is 0 Å². The molecule has 2 amide bonds. The Hall–Kier alpha value is -2.88. The van der Waals surface area contributed by atoms with Gasteiger partial charge in [0.25, 0.3) is 0 Å². The second-order valence-corrected chi connectivity index (χ2v) is 9.23. The number of nitrogens with zero attached hydrogens (tertiary/aromatic N) is 3. The predicted octanol–water partition coefficient (Wildman–Crippen LogP) is 4.51. The molecule has 1 aromatic heterocycles. The molecular formula is C21H25FIN5O4. The summed E-state index contributed by atoms with van der Waals surface area (Å²) in [6.45, 7) is 8.54. The average molecular weight is 557 g/mol. The van der Waals surface area contributed by atoms with Gasteiger partial charge in [-0.2, -0.15) is 5.26 Å². The highest BCUT2D eigenvalue weighted by Crippen LogP contribution is 2.30. The highest BCUT2D eigenvalue weighted by Gasteiger charge is 2.35. The van der Waals surface area contributed by atoms with E-state index in [9.17, 15) is 14.9 Å². The van der Waals surface area contributed by atoms with E-state index in [2.05, 4.69) is 15.6 Å². The average Bonchev–Trinajstić information content (AvgIpc) is 3.00. The molecule has 1 heterocycles. The third kappa shape index (κ3) is 6.81. The molecule has 0 bridgehead atoms. The normalized spacial score (nSPS) is 12.9. The molecule has 9 nitrogen and oxygen atoms in total. The third-order valence-electron chi connectivity index (χ3n) is 4.19. The van der Waals surface area contributed by atoms with E-state index in [1.54, 1.807) is 40.8 Å². The van der Waals surface area contributed by atoms with E-state index >= 15 is 4.39 Å². The van der Waals surface area contributed by atoms with Crippen molar-refractivity contribution in [3.05, 3.63) is 45.3 Å². The standard InChI is InChI=1S/C21H25FIN5O4/c1-6-31-18(29)25-13-7-8-15(22)14(9-13)21(5,27-19(30)32-20(2,3)4)12-28-11-16(23)26-17(28)10-24/h7-9,11H,6,12H2,1-5H3,(H,25,29)(H,27,30)/t21-/m0/s1. The molecule has 0 radical (unpaired) electrons. The highest BCUT2D eigenvalue weighted by atomic mass is 127. The summed E-state index contributed by atoms with van der Waals surface area (Å²) in [6, 6.07) is 5.94. The summed E-state index contributed by atoms with van der Waals surface area (Å²) >= 11 is 1.96. The van der Waals surface area contributed by atoms with Crippen LogP contribution in [0.5, 0.6) is 0 Å². The first-order valence-electron chi connectivity index (χ1n) is 9.74. The number of hydrogen-bond donors (Lipinski definition) is 2. The number of amides is 2. The van der Waals surface area contributed by atoms with Crippen LogP contribution < -0.4 is 10.6 Å². The van der Waals surface area contributed by atoms with Crippen molar-refractivity contribution in [3.8, 4) is 6.07 Å². The van der Waals surface area contributed by atoms with Crippen LogP contribution >= 0.6 is 22.6 Å². The molecule has 32 heavy (non-hydrogen) atoms. The zero-order chi connectivity index (χ0) is 24.1. The predicted molar refractivity (Wildman–Crippen MR) is 123 cm³/mol. The number of ether oxygens (including phenoxy) is 2. The second kappa shape index (κ2) is 10.2. The molecule has 11 heteroatoms. The van der Waals surface area contributed by atoms with Gasteiger partial charge in [0.05, 0.1) is 18.7 Å². The molecular weight excluding hydrogens is 532 g/mol. The molecule has 0 saturated heterocycles. The van der Waals surface area contributed by atoms with Crippen molar-refractivity contribution in [2.75, 3.05) is 11.9 Å². The number of alkyl carbamates (subject to hydrolysis) is 1. The van der Waals surface area contributed by atoms with Gasteiger partial charge in [0.1, 0.15) is 21.2 Å². The van der Waals surface area contributed by atoms with Gasteiger partial charge < -0.3 is 19.4 Å². The molecule has 0 aliphatic heterocycles. The van der Waals surface area contributed by atoms with Crippen LogP contribution in [-0.4, -0.2) is 33.9 Å². The zero-order valence-electron chi connectivity index (χ0n) is 18.5. The highest BCUT2D eigenvalue weighted by molar-refractivity contribution is 14.1. The molecule has 172 valence electrons. The fourth-order valence-corrected chi connectivity index (χ4v) is 3.53. The molecule has 0 saturated carbocycles. The van der Waals surface area contributed by atoms with E-state index in [0.29, 0.717) is 3.70 Å². The minimum atomic E-state index is -1.37. The molecule has 0 fully saturated rings. The summed E-state index contributed by atoms with van der Waals surface area (Å²) in [7, 11) is 0. The lowest BCUT2D eigenvalue weighted by Gasteiger charge is -2.33. The lowest BCUT2D eigenvalue weighted by atomic mass is 9.90. The molecule has 0 unspecified atom stereocenters. The number of imidazole rings is 1. The maximum Gasteiger partial charge on any atom is 0.411 e. The molecule has 2 aromatic rings. The van der Waals surface area contributed by atoms with Crippen LogP contribution in [0, 0.1) is 20.8 Å². The number of carbonyl (C=O) groups is 2. The minimum absolute atomic E-state index is 0.0229. The minimum Gasteiger partial charge on any atom is -0.450 e. The van der Waals surface area contributed by atoms with Gasteiger partial charge in [0.2, 0.25) is 5.82 Å². The second-order valence-electron chi connectivity index (χ2n) is 8.13. The number of anilines is 1. The molecule has 2 rings (SSSR count). The summed E-state index contributed by atoms with van der Waals surface area (Å²) in [5, 5.41) is 14.6. The van der Waals surface area contributed by atoms with Gasteiger partial charge in [0, 0.05) is 17.4 Å². The van der Waals surface area contributed by atoms with Crippen molar-refractivity contribution in [1.82, 2.24) is 14.9 Å². The Labute approximate surface area is 199 Å². The number of carbonyl (C=O) groups excluding carboxylic acids is 2. The number of nitrogens with one attached hydrogen (secondary N) is 2. The quantitative estimate of drug-likeness (QED) is 0.505. The summed E-state index contributed by atoms with van der Waals surface area (Å²) in [5.41, 5.74) is -1.80. The van der Waals surface area contributed by atoms with Crippen molar-refractivity contribution >= 4 is 40.5 Å². The monoisotopic (exact) mass is 557 g/mol. The molecule has 1 aromatic carbocycles.